The third-order valence-electron chi connectivity index (χ3n) is 3.23. The minimum Gasteiger partial charge on any atom is -0.439 e. The van der Waals surface area contributed by atoms with E-state index < -0.39 is 18.6 Å². The molecule has 22 heavy (non-hydrogen) atoms. The average molecular weight is 301 g/mol. The highest BCUT2D eigenvalue weighted by Crippen LogP contribution is 2.17. The molecule has 0 aliphatic rings. The lowest BCUT2D eigenvalue weighted by Crippen LogP contribution is -2.29. The zero-order chi connectivity index (χ0) is 15.8. The second kappa shape index (κ2) is 7.97. The van der Waals surface area contributed by atoms with Gasteiger partial charge in [-0.25, -0.2) is 4.79 Å². The van der Waals surface area contributed by atoms with Crippen LogP contribution in [0, 0.1) is 0 Å². The van der Waals surface area contributed by atoms with Crippen LogP contribution >= 0.6 is 0 Å². The maximum Gasteiger partial charge on any atom is 0.407 e. The largest absolute Gasteiger partial charge is 0.439 e. The summed E-state index contributed by atoms with van der Waals surface area (Å²) in [4.78, 5) is 26.0. The van der Waals surface area contributed by atoms with Crippen molar-refractivity contribution in [3.63, 3.8) is 0 Å². The number of unbranched alkanes of at least 4 members (excludes halogenated alkanes) is 1. The molecule has 0 aliphatic heterocycles. The normalized spacial score (nSPS) is 10.4. The maximum absolute atomic E-state index is 11.2. The van der Waals surface area contributed by atoms with Gasteiger partial charge in [-0.2, -0.15) is 0 Å². The van der Waals surface area contributed by atoms with Gasteiger partial charge < -0.3 is 15.8 Å². The first-order valence-corrected chi connectivity index (χ1v) is 7.18. The second-order valence-corrected chi connectivity index (χ2v) is 4.91. The molecule has 0 fully saturated rings. The maximum atomic E-state index is 11.2. The molecule has 0 unspecified atom stereocenters. The van der Waals surface area contributed by atoms with Gasteiger partial charge in [0.05, 0.1) is 5.52 Å². The van der Waals surface area contributed by atoms with E-state index in [1.165, 1.54) is 10.9 Å². The lowest BCUT2D eigenvalue weighted by Gasteiger charge is -2.07. The van der Waals surface area contributed by atoms with Crippen LogP contribution in [0.3, 0.4) is 0 Å². The molecule has 0 bridgehead atoms. The van der Waals surface area contributed by atoms with Crippen LogP contribution in [0.4, 0.5) is 4.79 Å². The molecule has 2 aromatic rings. The standard InChI is InChI=1S/C16H19N3O3/c17-15(20)11-22-16(21)19-9-4-3-5-12-8-10-18-14-7-2-1-6-13(12)14/h1-2,6-8,10H,3-5,9,11H2,(H2,17,20)(H,19,21). The summed E-state index contributed by atoms with van der Waals surface area (Å²) in [6, 6.07) is 10.1. The number of nitrogens with zero attached hydrogens (tertiary/aromatic N) is 1. The van der Waals surface area contributed by atoms with Crippen molar-refractivity contribution in [3.05, 3.63) is 42.1 Å². The number of aryl methyl sites for hydroxylation is 1. The van der Waals surface area contributed by atoms with Gasteiger partial charge in [0.15, 0.2) is 6.61 Å². The molecule has 0 saturated heterocycles. The van der Waals surface area contributed by atoms with Gasteiger partial charge in [0.1, 0.15) is 0 Å². The molecule has 2 rings (SSSR count). The number of benzene rings is 1. The van der Waals surface area contributed by atoms with Crippen molar-refractivity contribution in [1.82, 2.24) is 10.3 Å². The first-order valence-electron chi connectivity index (χ1n) is 7.18. The van der Waals surface area contributed by atoms with Gasteiger partial charge in [-0.15, -0.1) is 0 Å². The van der Waals surface area contributed by atoms with E-state index >= 15 is 0 Å². The molecule has 3 N–H and O–H groups in total. The minimum absolute atomic E-state index is 0.394. The van der Waals surface area contributed by atoms with Crippen LogP contribution in [0.15, 0.2) is 36.5 Å². The quantitative estimate of drug-likeness (QED) is 0.762. The molecule has 6 heteroatoms. The number of hydrogen-bond acceptors (Lipinski definition) is 4. The van der Waals surface area contributed by atoms with Crippen LogP contribution < -0.4 is 11.1 Å². The molecule has 0 spiro atoms. The van der Waals surface area contributed by atoms with Gasteiger partial charge in [-0.1, -0.05) is 18.2 Å². The minimum atomic E-state index is -0.667. The van der Waals surface area contributed by atoms with E-state index in [9.17, 15) is 9.59 Å². The Bertz CT molecular complexity index is 653. The average Bonchev–Trinajstić information content (AvgIpc) is 2.52. The van der Waals surface area contributed by atoms with Crippen LogP contribution in [0.1, 0.15) is 18.4 Å². The Hall–Kier alpha value is -2.63. The molecule has 6 nitrogen and oxygen atoms in total. The van der Waals surface area contributed by atoms with Crippen molar-refractivity contribution in [1.29, 1.82) is 0 Å². The Morgan fingerprint density at radius 2 is 2.00 bits per heavy atom. The van der Waals surface area contributed by atoms with E-state index in [4.69, 9.17) is 5.73 Å². The number of carbonyl (C=O) groups is 2. The van der Waals surface area contributed by atoms with Crippen molar-refractivity contribution in [3.8, 4) is 0 Å². The van der Waals surface area contributed by atoms with E-state index in [0.717, 1.165) is 24.8 Å². The second-order valence-electron chi connectivity index (χ2n) is 4.91. The number of nitrogens with two attached hydrogens (primary N) is 1. The highest BCUT2D eigenvalue weighted by molar-refractivity contribution is 5.81. The van der Waals surface area contributed by atoms with Crippen LogP contribution in [0.25, 0.3) is 10.9 Å². The topological polar surface area (TPSA) is 94.3 Å². The third kappa shape index (κ3) is 4.73. The fraction of sp³-hybridized carbons (Fsp3) is 0.312. The number of nitrogens with one attached hydrogen (secondary N) is 1. The predicted molar refractivity (Wildman–Crippen MR) is 83.2 cm³/mol. The van der Waals surface area contributed by atoms with Crippen LogP contribution in [0.5, 0.6) is 0 Å². The first-order chi connectivity index (χ1) is 10.7. The molecule has 0 aliphatic carbocycles. The summed E-state index contributed by atoms with van der Waals surface area (Å²) in [7, 11) is 0. The van der Waals surface area contributed by atoms with E-state index in [1.807, 2.05) is 30.5 Å². The smallest absolute Gasteiger partial charge is 0.407 e. The lowest BCUT2D eigenvalue weighted by atomic mass is 10.0. The number of rotatable bonds is 7. The summed E-state index contributed by atoms with van der Waals surface area (Å²) >= 11 is 0. The summed E-state index contributed by atoms with van der Waals surface area (Å²) in [5, 5.41) is 3.75. The molecular weight excluding hydrogens is 282 g/mol. The Kier molecular flexibility index (Phi) is 5.71. The first kappa shape index (κ1) is 15.8. The number of hydrogen-bond donors (Lipinski definition) is 2. The summed E-state index contributed by atoms with van der Waals surface area (Å²) < 4.78 is 4.59. The molecule has 0 saturated carbocycles. The van der Waals surface area contributed by atoms with Crippen molar-refractivity contribution in [2.75, 3.05) is 13.2 Å². The summed E-state index contributed by atoms with van der Waals surface area (Å²) in [6.07, 6.45) is 3.87. The Morgan fingerprint density at radius 3 is 2.82 bits per heavy atom. The number of carbonyl (C=O) groups excluding carboxylic acids is 2. The lowest BCUT2D eigenvalue weighted by molar-refractivity contribution is -0.120. The van der Waals surface area contributed by atoms with E-state index in [-0.39, 0.29) is 0 Å². The zero-order valence-corrected chi connectivity index (χ0v) is 12.2. The molecule has 0 radical (unpaired) electrons. The van der Waals surface area contributed by atoms with Gasteiger partial charge in [0.25, 0.3) is 5.91 Å². The number of alkyl carbamates (subject to hydrolysis) is 1. The van der Waals surface area contributed by atoms with E-state index in [0.29, 0.717) is 6.54 Å². The number of primary amides is 1. The summed E-state index contributed by atoms with van der Waals surface area (Å²) in [5.74, 6) is -0.667. The number of aromatic nitrogens is 1. The van der Waals surface area contributed by atoms with Crippen molar-refractivity contribution in [2.24, 2.45) is 5.73 Å². The number of pyridine rings is 1. The van der Waals surface area contributed by atoms with Gasteiger partial charge in [-0.3, -0.25) is 9.78 Å². The van der Waals surface area contributed by atoms with Gasteiger partial charge in [0, 0.05) is 18.1 Å². The number of ether oxygens (including phenoxy) is 1. The van der Waals surface area contributed by atoms with Crippen molar-refractivity contribution < 1.29 is 14.3 Å². The van der Waals surface area contributed by atoms with Gasteiger partial charge in [0.2, 0.25) is 0 Å². The molecule has 1 aromatic carbocycles. The molecule has 0 atom stereocenters. The number of para-hydroxylation sites is 1. The fourth-order valence-electron chi connectivity index (χ4n) is 2.19. The molecule has 116 valence electrons. The Labute approximate surface area is 128 Å². The Balaban J connectivity index is 1.72. The van der Waals surface area contributed by atoms with Crippen LogP contribution in [-0.2, 0) is 16.0 Å². The molecule has 1 heterocycles. The van der Waals surface area contributed by atoms with Crippen LogP contribution in [-0.4, -0.2) is 30.1 Å². The molecular formula is C16H19N3O3. The number of fused-ring (bicyclic) bond motifs is 1. The van der Waals surface area contributed by atoms with Gasteiger partial charge >= 0.3 is 6.09 Å². The van der Waals surface area contributed by atoms with Crippen molar-refractivity contribution in [2.45, 2.75) is 19.3 Å². The van der Waals surface area contributed by atoms with E-state index in [1.54, 1.807) is 0 Å². The third-order valence-corrected chi connectivity index (χ3v) is 3.23. The van der Waals surface area contributed by atoms with Crippen LogP contribution in [0.2, 0.25) is 0 Å². The predicted octanol–water partition coefficient (Wildman–Crippen LogP) is 1.77. The number of amides is 2. The zero-order valence-electron chi connectivity index (χ0n) is 12.2. The van der Waals surface area contributed by atoms with Gasteiger partial charge in [-0.05, 0) is 37.0 Å². The molecule has 1 aromatic heterocycles. The Morgan fingerprint density at radius 1 is 1.18 bits per heavy atom. The summed E-state index contributed by atoms with van der Waals surface area (Å²) in [5.41, 5.74) is 7.12. The highest BCUT2D eigenvalue weighted by atomic mass is 16.6. The SMILES string of the molecule is NC(=O)COC(=O)NCCCCc1ccnc2ccccc12. The molecule has 2 amide bonds. The van der Waals surface area contributed by atoms with Crippen molar-refractivity contribution >= 4 is 22.9 Å². The van der Waals surface area contributed by atoms with E-state index in [2.05, 4.69) is 21.1 Å². The fourth-order valence-corrected chi connectivity index (χ4v) is 2.19. The highest BCUT2D eigenvalue weighted by Gasteiger charge is 2.04. The monoisotopic (exact) mass is 301 g/mol. The summed E-state index contributed by atoms with van der Waals surface area (Å²) in [6.45, 7) is 0.107.